The number of carboxylic acids is 1. The maximum Gasteiger partial charge on any atom is 0.304 e. The summed E-state index contributed by atoms with van der Waals surface area (Å²) in [6.45, 7) is 2.95. The first-order valence-electron chi connectivity index (χ1n) is 8.05. The molecule has 26 heavy (non-hydrogen) atoms. The lowest BCUT2D eigenvalue weighted by molar-refractivity contribution is -0.136. The molecule has 0 saturated heterocycles. The summed E-state index contributed by atoms with van der Waals surface area (Å²) in [5, 5.41) is 9.48. The van der Waals surface area contributed by atoms with E-state index < -0.39 is 5.97 Å². The van der Waals surface area contributed by atoms with Crippen LogP contribution in [-0.4, -0.2) is 43.0 Å². The number of rotatable bonds is 8. The SMILES string of the molecule is Cc1ccc(OCCn2c(SCCC(=O)O)nc3c(N)ncnc32)cc1. The molecule has 3 N–H and O–H groups in total. The number of anilines is 1. The molecule has 9 heteroatoms. The second-order valence-electron chi connectivity index (χ2n) is 5.63. The predicted octanol–water partition coefficient (Wildman–Crippen LogP) is 2.36. The molecule has 0 aliphatic heterocycles. The smallest absolute Gasteiger partial charge is 0.304 e. The molecule has 0 amide bonds. The summed E-state index contributed by atoms with van der Waals surface area (Å²) in [4.78, 5) is 23.5. The molecule has 0 aliphatic carbocycles. The van der Waals surface area contributed by atoms with E-state index in [9.17, 15) is 4.79 Å². The third-order valence-electron chi connectivity index (χ3n) is 3.68. The van der Waals surface area contributed by atoms with E-state index in [1.165, 1.54) is 23.7 Å². The Hall–Kier alpha value is -2.81. The Morgan fingerprint density at radius 1 is 1.31 bits per heavy atom. The second-order valence-corrected chi connectivity index (χ2v) is 6.69. The third kappa shape index (κ3) is 4.23. The molecule has 2 heterocycles. The molecule has 0 aliphatic rings. The number of nitrogens with zero attached hydrogens (tertiary/aromatic N) is 4. The minimum atomic E-state index is -0.845. The van der Waals surface area contributed by atoms with Gasteiger partial charge in [-0.15, -0.1) is 0 Å². The van der Waals surface area contributed by atoms with Crippen molar-refractivity contribution in [3.8, 4) is 5.75 Å². The summed E-state index contributed by atoms with van der Waals surface area (Å²) in [5.41, 5.74) is 8.18. The van der Waals surface area contributed by atoms with Crippen LogP contribution < -0.4 is 10.5 Å². The Balaban J connectivity index is 1.76. The third-order valence-corrected chi connectivity index (χ3v) is 4.66. The van der Waals surface area contributed by atoms with Crippen molar-refractivity contribution in [1.82, 2.24) is 19.5 Å². The number of nitrogens with two attached hydrogens (primary N) is 1. The summed E-state index contributed by atoms with van der Waals surface area (Å²) in [6, 6.07) is 7.82. The van der Waals surface area contributed by atoms with Crippen molar-refractivity contribution >= 4 is 34.7 Å². The molecule has 136 valence electrons. The largest absolute Gasteiger partial charge is 0.492 e. The Morgan fingerprint density at radius 2 is 2.08 bits per heavy atom. The Morgan fingerprint density at radius 3 is 2.81 bits per heavy atom. The quantitative estimate of drug-likeness (QED) is 0.578. The van der Waals surface area contributed by atoms with Crippen LogP contribution in [0.15, 0.2) is 35.7 Å². The van der Waals surface area contributed by atoms with Crippen molar-refractivity contribution in [2.45, 2.75) is 25.0 Å². The maximum atomic E-state index is 10.8. The monoisotopic (exact) mass is 373 g/mol. The van der Waals surface area contributed by atoms with E-state index in [0.29, 0.717) is 41.0 Å². The number of thioether (sulfide) groups is 1. The van der Waals surface area contributed by atoms with Gasteiger partial charge < -0.3 is 20.1 Å². The van der Waals surface area contributed by atoms with Gasteiger partial charge in [0.2, 0.25) is 0 Å². The fourth-order valence-electron chi connectivity index (χ4n) is 2.36. The second kappa shape index (κ2) is 8.05. The van der Waals surface area contributed by atoms with Crippen molar-refractivity contribution < 1.29 is 14.6 Å². The summed E-state index contributed by atoms with van der Waals surface area (Å²) in [5.74, 6) is 0.648. The van der Waals surface area contributed by atoms with Crippen LogP contribution >= 0.6 is 11.8 Å². The highest BCUT2D eigenvalue weighted by molar-refractivity contribution is 7.99. The minimum Gasteiger partial charge on any atom is -0.492 e. The topological polar surface area (TPSA) is 116 Å². The lowest BCUT2D eigenvalue weighted by Gasteiger charge is -2.10. The van der Waals surface area contributed by atoms with Crippen LogP contribution in [0.5, 0.6) is 5.75 Å². The Labute approximate surface area is 154 Å². The van der Waals surface area contributed by atoms with E-state index in [4.69, 9.17) is 15.6 Å². The van der Waals surface area contributed by atoms with Crippen LogP contribution in [0.1, 0.15) is 12.0 Å². The van der Waals surface area contributed by atoms with Crippen molar-refractivity contribution in [1.29, 1.82) is 0 Å². The molecular formula is C17H19N5O3S. The minimum absolute atomic E-state index is 0.0505. The van der Waals surface area contributed by atoms with Gasteiger partial charge in [0.15, 0.2) is 22.1 Å². The number of aryl methyl sites for hydroxylation is 1. The highest BCUT2D eigenvalue weighted by Gasteiger charge is 2.15. The molecule has 2 aromatic heterocycles. The molecule has 0 spiro atoms. The van der Waals surface area contributed by atoms with Gasteiger partial charge in [-0.05, 0) is 19.1 Å². The first kappa shape index (κ1) is 18.0. The molecule has 0 saturated carbocycles. The maximum absolute atomic E-state index is 10.8. The van der Waals surface area contributed by atoms with Crippen LogP contribution in [-0.2, 0) is 11.3 Å². The van der Waals surface area contributed by atoms with Crippen LogP contribution in [0.3, 0.4) is 0 Å². The standard InChI is InChI=1S/C17H19N5O3S/c1-11-2-4-12(5-3-11)25-8-7-22-16-14(15(18)19-10-20-16)21-17(22)26-9-6-13(23)24/h2-5,10H,6-9H2,1H3,(H,23,24)(H2,18,19,20). The van der Waals surface area contributed by atoms with Crippen LogP contribution in [0.25, 0.3) is 11.2 Å². The van der Waals surface area contributed by atoms with Crippen molar-refractivity contribution in [2.75, 3.05) is 18.1 Å². The van der Waals surface area contributed by atoms with Crippen molar-refractivity contribution in [2.24, 2.45) is 0 Å². The van der Waals surface area contributed by atoms with Crippen LogP contribution in [0.2, 0.25) is 0 Å². The number of hydrogen-bond donors (Lipinski definition) is 2. The van der Waals surface area contributed by atoms with Gasteiger partial charge in [-0.1, -0.05) is 29.5 Å². The zero-order valence-electron chi connectivity index (χ0n) is 14.3. The number of aliphatic carboxylic acids is 1. The molecule has 0 atom stereocenters. The van der Waals surface area contributed by atoms with E-state index >= 15 is 0 Å². The zero-order chi connectivity index (χ0) is 18.5. The number of imidazole rings is 1. The summed E-state index contributed by atoms with van der Waals surface area (Å²) < 4.78 is 7.67. The number of carboxylic acid groups (broad SMARTS) is 1. The molecule has 0 unspecified atom stereocenters. The molecule has 0 radical (unpaired) electrons. The van der Waals surface area contributed by atoms with Gasteiger partial charge in [0.1, 0.15) is 18.7 Å². The fraction of sp³-hybridized carbons (Fsp3) is 0.294. The molecular weight excluding hydrogens is 354 g/mol. The van der Waals surface area contributed by atoms with Gasteiger partial charge in [-0.3, -0.25) is 4.79 Å². The van der Waals surface area contributed by atoms with E-state index in [1.54, 1.807) is 0 Å². The van der Waals surface area contributed by atoms with Crippen molar-refractivity contribution in [3.63, 3.8) is 0 Å². The molecule has 1 aromatic carbocycles. The number of carbonyl (C=O) groups is 1. The highest BCUT2D eigenvalue weighted by Crippen LogP contribution is 2.25. The Kier molecular flexibility index (Phi) is 5.57. The van der Waals surface area contributed by atoms with E-state index in [2.05, 4.69) is 15.0 Å². The van der Waals surface area contributed by atoms with E-state index in [1.807, 2.05) is 35.8 Å². The Bertz CT molecular complexity index is 911. The highest BCUT2D eigenvalue weighted by atomic mass is 32.2. The lowest BCUT2D eigenvalue weighted by Crippen LogP contribution is -2.10. The van der Waals surface area contributed by atoms with Crippen molar-refractivity contribution in [3.05, 3.63) is 36.2 Å². The zero-order valence-corrected chi connectivity index (χ0v) is 15.1. The summed E-state index contributed by atoms with van der Waals surface area (Å²) in [7, 11) is 0. The molecule has 3 aromatic rings. The molecule has 0 bridgehead atoms. The van der Waals surface area contributed by atoms with Crippen LogP contribution in [0.4, 0.5) is 5.82 Å². The predicted molar refractivity (Wildman–Crippen MR) is 99.4 cm³/mol. The van der Waals surface area contributed by atoms with Crippen LogP contribution in [0, 0.1) is 6.92 Å². The van der Waals surface area contributed by atoms with Gasteiger partial charge >= 0.3 is 5.97 Å². The van der Waals surface area contributed by atoms with Gasteiger partial charge in [0, 0.05) is 5.75 Å². The first-order valence-corrected chi connectivity index (χ1v) is 9.04. The average molecular weight is 373 g/mol. The molecule has 3 rings (SSSR count). The normalized spacial score (nSPS) is 11.0. The summed E-state index contributed by atoms with van der Waals surface area (Å²) in [6.07, 6.45) is 1.44. The summed E-state index contributed by atoms with van der Waals surface area (Å²) >= 11 is 1.35. The van der Waals surface area contributed by atoms with E-state index in [-0.39, 0.29) is 6.42 Å². The van der Waals surface area contributed by atoms with Gasteiger partial charge in [-0.2, -0.15) is 0 Å². The fourth-order valence-corrected chi connectivity index (χ4v) is 3.31. The first-order chi connectivity index (χ1) is 12.5. The van der Waals surface area contributed by atoms with Gasteiger partial charge in [-0.25, -0.2) is 15.0 Å². The lowest BCUT2D eigenvalue weighted by atomic mass is 10.2. The average Bonchev–Trinajstić information content (AvgIpc) is 2.96. The number of benzene rings is 1. The molecule has 8 nitrogen and oxygen atoms in total. The van der Waals surface area contributed by atoms with Gasteiger partial charge in [0.25, 0.3) is 0 Å². The number of fused-ring (bicyclic) bond motifs is 1. The number of nitrogen functional groups attached to an aromatic ring is 1. The number of aromatic nitrogens is 4. The number of ether oxygens (including phenoxy) is 1. The van der Waals surface area contributed by atoms with Gasteiger partial charge in [0.05, 0.1) is 13.0 Å². The number of hydrogen-bond acceptors (Lipinski definition) is 7. The molecule has 0 fully saturated rings. The van der Waals surface area contributed by atoms with E-state index in [0.717, 1.165) is 5.75 Å².